The van der Waals surface area contributed by atoms with Crippen molar-refractivity contribution in [2.45, 2.75) is 116 Å². The van der Waals surface area contributed by atoms with Crippen LogP contribution in [0.5, 0.6) is 0 Å². The summed E-state index contributed by atoms with van der Waals surface area (Å²) in [6, 6.07) is 4.17. The van der Waals surface area contributed by atoms with E-state index in [1.165, 1.54) is 23.5 Å². The number of urea groups is 1. The second-order valence-corrected chi connectivity index (χ2v) is 16.1. The predicted octanol–water partition coefficient (Wildman–Crippen LogP) is 2.47. The third kappa shape index (κ3) is 11.3. The fourth-order valence-electron chi connectivity index (χ4n) is 7.25. The van der Waals surface area contributed by atoms with Crippen molar-refractivity contribution in [2.75, 3.05) is 18.4 Å². The van der Waals surface area contributed by atoms with E-state index in [1.807, 2.05) is 13.0 Å². The smallest absolute Gasteiger partial charge is 0.321 e. The predicted molar refractivity (Wildman–Crippen MR) is 207 cm³/mol. The average Bonchev–Trinajstić information content (AvgIpc) is 3.90. The van der Waals surface area contributed by atoms with Crippen molar-refractivity contribution in [1.29, 1.82) is 0 Å². The van der Waals surface area contributed by atoms with Crippen molar-refractivity contribution in [2.24, 2.45) is 17.3 Å². The first kappa shape index (κ1) is 41.7. The SMILES string of the molecule is CCC[C@H](NC(=O)[C@@H]1CN(C(=O)Nc2ccccc2)C[C@@H]1NC(=O)[C@@H](NC(=O)[C@@H](NC(=O)c1cnccn1)C1CCCCC1)C(C)(C)C)C(=O)C(=O)NC1CC1. The van der Waals surface area contributed by atoms with Crippen LogP contribution in [0.4, 0.5) is 10.5 Å². The summed E-state index contributed by atoms with van der Waals surface area (Å²) in [7, 11) is 0. The molecule has 2 aliphatic carbocycles. The van der Waals surface area contributed by atoms with Gasteiger partial charge in [-0.25, -0.2) is 9.78 Å². The van der Waals surface area contributed by atoms with Crippen LogP contribution in [0.15, 0.2) is 48.9 Å². The second kappa shape index (κ2) is 19.0. The number of nitrogens with one attached hydrogen (secondary N) is 6. The summed E-state index contributed by atoms with van der Waals surface area (Å²) >= 11 is 0. The van der Waals surface area contributed by atoms with E-state index in [-0.39, 0.29) is 37.2 Å². The molecule has 2 saturated carbocycles. The lowest BCUT2D eigenvalue weighted by Gasteiger charge is -2.35. The number of hydrogen-bond acceptors (Lipinski definition) is 9. The number of rotatable bonds is 15. The maximum absolute atomic E-state index is 14.3. The molecule has 5 atom stereocenters. The molecule has 302 valence electrons. The van der Waals surface area contributed by atoms with Crippen molar-refractivity contribution in [3.63, 3.8) is 0 Å². The molecular formula is C40H55N9O7. The molecule has 3 fully saturated rings. The first-order chi connectivity index (χ1) is 26.7. The van der Waals surface area contributed by atoms with E-state index in [0.29, 0.717) is 24.9 Å². The molecule has 2 aromatic rings. The normalized spacial score (nSPS) is 20.1. The Kier molecular flexibility index (Phi) is 14.1. The highest BCUT2D eigenvalue weighted by Crippen LogP contribution is 2.28. The number of ketones is 1. The van der Waals surface area contributed by atoms with Crippen molar-refractivity contribution in [3.05, 3.63) is 54.6 Å². The molecule has 1 aliphatic heterocycles. The summed E-state index contributed by atoms with van der Waals surface area (Å²) in [5, 5.41) is 16.9. The van der Waals surface area contributed by atoms with Crippen LogP contribution in [0.2, 0.25) is 0 Å². The van der Waals surface area contributed by atoms with Gasteiger partial charge in [0.25, 0.3) is 11.8 Å². The van der Waals surface area contributed by atoms with Crippen LogP contribution in [-0.2, 0) is 24.0 Å². The molecule has 0 bridgehead atoms. The van der Waals surface area contributed by atoms with Gasteiger partial charge in [0.05, 0.1) is 24.2 Å². The van der Waals surface area contributed by atoms with Crippen LogP contribution in [-0.4, -0.2) is 99.5 Å². The summed E-state index contributed by atoms with van der Waals surface area (Å²) in [5.74, 6) is -4.95. The molecule has 0 spiro atoms. The van der Waals surface area contributed by atoms with Crippen LogP contribution < -0.4 is 31.9 Å². The molecule has 0 radical (unpaired) electrons. The first-order valence-electron chi connectivity index (χ1n) is 19.7. The maximum Gasteiger partial charge on any atom is 0.321 e. The summed E-state index contributed by atoms with van der Waals surface area (Å²) in [6.07, 6.45) is 10.7. The van der Waals surface area contributed by atoms with Crippen LogP contribution in [0.3, 0.4) is 0 Å². The lowest BCUT2D eigenvalue weighted by atomic mass is 9.82. The van der Waals surface area contributed by atoms with Gasteiger partial charge in [-0.2, -0.15) is 0 Å². The minimum atomic E-state index is -1.12. The molecule has 5 rings (SSSR count). The average molecular weight is 774 g/mol. The number of carbonyl (C=O) groups is 7. The van der Waals surface area contributed by atoms with Gasteiger partial charge in [0.2, 0.25) is 23.5 Å². The third-order valence-corrected chi connectivity index (χ3v) is 10.5. The molecule has 7 amide bonds. The third-order valence-electron chi connectivity index (χ3n) is 10.5. The van der Waals surface area contributed by atoms with Gasteiger partial charge in [0.15, 0.2) is 0 Å². The molecule has 2 heterocycles. The van der Waals surface area contributed by atoms with Gasteiger partial charge in [-0.3, -0.25) is 33.8 Å². The quantitative estimate of drug-likeness (QED) is 0.146. The number of benzene rings is 1. The monoisotopic (exact) mass is 773 g/mol. The molecular weight excluding hydrogens is 718 g/mol. The van der Waals surface area contributed by atoms with E-state index in [9.17, 15) is 33.6 Å². The van der Waals surface area contributed by atoms with Gasteiger partial charge in [-0.05, 0) is 55.6 Å². The number of nitrogens with zero attached hydrogens (tertiary/aromatic N) is 3. The van der Waals surface area contributed by atoms with Crippen LogP contribution >= 0.6 is 0 Å². The summed E-state index contributed by atoms with van der Waals surface area (Å²) < 4.78 is 0. The standard InChI is InChI=1S/C40H55N9O7/c1-5-12-28(32(50)37(54)43-26-17-18-26)45-34(51)27-22-49(39(56)44-25-15-10-7-11-16-25)23-30(27)46-38(55)33(40(2,3)4)48-36(53)31(24-13-8-6-9-14-24)47-35(52)29-21-41-19-20-42-29/h7,10-11,15-16,19-21,24,26-28,30-31,33H,5-6,8-9,12-14,17-18,22-23H2,1-4H3,(H,43,54)(H,44,56)(H,45,51)(H,46,55)(H,47,52)(H,48,53)/t27-,28+,30+,31+,33-/m1/s1. The zero-order valence-corrected chi connectivity index (χ0v) is 32.6. The number of aromatic nitrogens is 2. The van der Waals surface area contributed by atoms with E-state index >= 15 is 0 Å². The Balaban J connectivity index is 1.35. The lowest BCUT2D eigenvalue weighted by Crippen LogP contribution is -2.61. The molecule has 0 unspecified atom stereocenters. The van der Waals surface area contributed by atoms with Gasteiger partial charge in [0.1, 0.15) is 17.8 Å². The molecule has 16 heteroatoms. The lowest BCUT2D eigenvalue weighted by molar-refractivity contribution is -0.140. The molecule has 1 aromatic heterocycles. The Morgan fingerprint density at radius 2 is 1.55 bits per heavy atom. The Morgan fingerprint density at radius 1 is 0.839 bits per heavy atom. The van der Waals surface area contributed by atoms with Crippen LogP contribution in [0.25, 0.3) is 0 Å². The number of amides is 7. The second-order valence-electron chi connectivity index (χ2n) is 16.1. The fourth-order valence-corrected chi connectivity index (χ4v) is 7.25. The Labute approximate surface area is 327 Å². The Hall–Kier alpha value is -5.41. The molecule has 1 aromatic carbocycles. The Bertz CT molecular complexity index is 1730. The Morgan fingerprint density at radius 3 is 2.18 bits per heavy atom. The number of anilines is 1. The first-order valence-corrected chi connectivity index (χ1v) is 19.7. The summed E-state index contributed by atoms with van der Waals surface area (Å²) in [4.78, 5) is 104. The maximum atomic E-state index is 14.3. The highest BCUT2D eigenvalue weighted by atomic mass is 16.2. The zero-order chi connectivity index (χ0) is 40.4. The van der Waals surface area contributed by atoms with E-state index in [1.54, 1.807) is 45.0 Å². The fraction of sp³-hybridized carbons (Fsp3) is 0.575. The molecule has 1 saturated heterocycles. The van der Waals surface area contributed by atoms with Crippen LogP contribution in [0, 0.1) is 17.3 Å². The highest BCUT2D eigenvalue weighted by molar-refractivity contribution is 6.38. The number of Topliss-reactive ketones (excluding diaryl/α,β-unsaturated/α-hetero) is 1. The number of carbonyl (C=O) groups excluding carboxylic acids is 7. The van der Waals surface area contributed by atoms with Crippen LogP contribution in [0.1, 0.15) is 96.0 Å². The minimum Gasteiger partial charge on any atom is -0.349 e. The minimum absolute atomic E-state index is 0.0424. The van der Waals surface area contributed by atoms with E-state index < -0.39 is 76.9 Å². The molecule has 16 nitrogen and oxygen atoms in total. The van der Waals surface area contributed by atoms with Gasteiger partial charge in [-0.1, -0.05) is 71.6 Å². The van der Waals surface area contributed by atoms with E-state index in [4.69, 9.17) is 0 Å². The van der Waals surface area contributed by atoms with Crippen molar-refractivity contribution in [1.82, 2.24) is 41.5 Å². The summed E-state index contributed by atoms with van der Waals surface area (Å²) in [6.45, 7) is 7.05. The van der Waals surface area contributed by atoms with Crippen molar-refractivity contribution < 1.29 is 33.6 Å². The highest BCUT2D eigenvalue weighted by Gasteiger charge is 2.45. The number of hydrogen-bond donors (Lipinski definition) is 6. The molecule has 56 heavy (non-hydrogen) atoms. The number of likely N-dealkylation sites (tertiary alicyclic amines) is 1. The van der Waals surface area contributed by atoms with E-state index in [0.717, 1.165) is 32.1 Å². The summed E-state index contributed by atoms with van der Waals surface area (Å²) in [5.41, 5.74) is -0.236. The van der Waals surface area contributed by atoms with E-state index in [2.05, 4.69) is 41.9 Å². The molecule has 6 N–H and O–H groups in total. The van der Waals surface area contributed by atoms with Crippen molar-refractivity contribution >= 4 is 47.0 Å². The van der Waals surface area contributed by atoms with Gasteiger partial charge in [-0.15, -0.1) is 0 Å². The topological polar surface area (TPSA) is 221 Å². The van der Waals surface area contributed by atoms with Gasteiger partial charge >= 0.3 is 6.03 Å². The molecule has 3 aliphatic rings. The van der Waals surface area contributed by atoms with Gasteiger partial charge in [0, 0.05) is 37.2 Å². The largest absolute Gasteiger partial charge is 0.349 e. The number of para-hydroxylation sites is 1. The van der Waals surface area contributed by atoms with Crippen molar-refractivity contribution in [3.8, 4) is 0 Å². The van der Waals surface area contributed by atoms with Gasteiger partial charge < -0.3 is 36.8 Å². The zero-order valence-electron chi connectivity index (χ0n) is 32.6.